The third-order valence-electron chi connectivity index (χ3n) is 2.38. The number of hydrogen-bond acceptors (Lipinski definition) is 3. The highest BCUT2D eigenvalue weighted by Gasteiger charge is 1.98. The third-order valence-corrected chi connectivity index (χ3v) is 2.38. The Morgan fingerprint density at radius 3 is 2.88 bits per heavy atom. The number of nitrogens with one attached hydrogen (secondary N) is 1. The Kier molecular flexibility index (Phi) is 3.05. The van der Waals surface area contributed by atoms with Crippen LogP contribution in [-0.2, 0) is 6.54 Å². The zero-order valence-corrected chi connectivity index (χ0v) is 9.14. The van der Waals surface area contributed by atoms with Gasteiger partial charge in [0.05, 0.1) is 0 Å². The van der Waals surface area contributed by atoms with Crippen LogP contribution in [-0.4, -0.2) is 10.1 Å². The fourth-order valence-electron chi connectivity index (χ4n) is 1.52. The minimum atomic E-state index is 0.289. The average molecular weight is 214 g/mol. The van der Waals surface area contributed by atoms with Gasteiger partial charge in [0.25, 0.3) is 0 Å². The van der Waals surface area contributed by atoms with Crippen molar-refractivity contribution in [2.24, 2.45) is 0 Å². The zero-order valence-electron chi connectivity index (χ0n) is 9.14. The molecule has 1 aromatic heterocycles. The molecule has 0 unspecified atom stereocenters. The molecule has 2 rings (SSSR count). The first kappa shape index (κ1) is 10.5. The molecule has 0 spiro atoms. The Morgan fingerprint density at radius 2 is 2.12 bits per heavy atom. The van der Waals surface area contributed by atoms with Gasteiger partial charge in [-0.1, -0.05) is 18.2 Å². The quantitative estimate of drug-likeness (QED) is 0.825. The van der Waals surface area contributed by atoms with Crippen molar-refractivity contribution < 1.29 is 5.11 Å². The molecular weight excluding hydrogens is 200 g/mol. The molecule has 0 bridgehead atoms. The highest BCUT2D eigenvalue weighted by atomic mass is 16.3. The maximum Gasteiger partial charge on any atom is 0.129 e. The molecule has 3 nitrogen and oxygen atoms in total. The molecule has 0 radical (unpaired) electrons. The van der Waals surface area contributed by atoms with Crippen molar-refractivity contribution in [3.63, 3.8) is 0 Å². The van der Waals surface area contributed by atoms with E-state index in [0.29, 0.717) is 6.54 Å². The number of aryl methyl sites for hydroxylation is 1. The van der Waals surface area contributed by atoms with Crippen LogP contribution >= 0.6 is 0 Å². The van der Waals surface area contributed by atoms with Crippen LogP contribution in [0, 0.1) is 6.92 Å². The minimum Gasteiger partial charge on any atom is -0.508 e. The summed E-state index contributed by atoms with van der Waals surface area (Å²) in [6, 6.07) is 11.1. The van der Waals surface area contributed by atoms with Gasteiger partial charge < -0.3 is 10.4 Å². The molecule has 82 valence electrons. The van der Waals surface area contributed by atoms with Gasteiger partial charge in [-0.3, -0.25) is 0 Å². The summed E-state index contributed by atoms with van der Waals surface area (Å²) in [6.07, 6.45) is 1.76. The Morgan fingerprint density at radius 1 is 1.25 bits per heavy atom. The summed E-state index contributed by atoms with van der Waals surface area (Å²) >= 11 is 0. The highest BCUT2D eigenvalue weighted by molar-refractivity contribution is 5.43. The number of rotatable bonds is 3. The third kappa shape index (κ3) is 2.51. The molecule has 0 aliphatic carbocycles. The van der Waals surface area contributed by atoms with Crippen molar-refractivity contribution in [3.05, 3.63) is 53.7 Å². The molecule has 2 aromatic rings. The summed E-state index contributed by atoms with van der Waals surface area (Å²) < 4.78 is 0. The lowest BCUT2D eigenvalue weighted by Gasteiger charge is -2.08. The van der Waals surface area contributed by atoms with E-state index in [9.17, 15) is 5.11 Å². The van der Waals surface area contributed by atoms with Gasteiger partial charge in [0, 0.05) is 12.7 Å². The lowest BCUT2D eigenvalue weighted by molar-refractivity contribution is 0.474. The summed E-state index contributed by atoms with van der Waals surface area (Å²) in [5.74, 6) is 1.17. The second kappa shape index (κ2) is 4.66. The van der Waals surface area contributed by atoms with Gasteiger partial charge in [0.15, 0.2) is 0 Å². The number of nitrogens with zero attached hydrogens (tertiary/aromatic N) is 1. The van der Waals surface area contributed by atoms with Crippen molar-refractivity contribution in [1.29, 1.82) is 0 Å². The van der Waals surface area contributed by atoms with Gasteiger partial charge in [-0.15, -0.1) is 0 Å². The van der Waals surface area contributed by atoms with E-state index in [1.165, 1.54) is 0 Å². The number of phenols is 1. The van der Waals surface area contributed by atoms with E-state index in [4.69, 9.17) is 0 Å². The Hall–Kier alpha value is -2.03. The Bertz CT molecular complexity index is 483. The second-order valence-electron chi connectivity index (χ2n) is 3.69. The van der Waals surface area contributed by atoms with E-state index in [1.54, 1.807) is 18.3 Å². The van der Waals surface area contributed by atoms with E-state index in [-0.39, 0.29) is 5.75 Å². The van der Waals surface area contributed by atoms with Gasteiger partial charge in [-0.05, 0) is 36.2 Å². The molecule has 0 amide bonds. The molecule has 2 N–H and O–H groups in total. The van der Waals surface area contributed by atoms with Gasteiger partial charge in [0.2, 0.25) is 0 Å². The molecule has 1 heterocycles. The monoisotopic (exact) mass is 214 g/mol. The highest BCUT2D eigenvalue weighted by Crippen LogP contribution is 2.14. The van der Waals surface area contributed by atoms with Crippen molar-refractivity contribution in [2.75, 3.05) is 5.32 Å². The fraction of sp³-hybridized carbons (Fsp3) is 0.154. The van der Waals surface area contributed by atoms with Crippen LogP contribution in [0.4, 0.5) is 5.82 Å². The molecule has 0 atom stereocenters. The van der Waals surface area contributed by atoms with Crippen molar-refractivity contribution in [1.82, 2.24) is 4.98 Å². The predicted molar refractivity (Wildman–Crippen MR) is 64.4 cm³/mol. The number of phenolic OH excluding ortho intramolecular Hbond substituents is 1. The molecule has 0 fully saturated rings. The lowest BCUT2D eigenvalue weighted by Crippen LogP contribution is -2.02. The standard InChI is InChI=1S/C13H14N2O/c1-10-4-3-7-14-13(10)15-9-11-5-2-6-12(16)8-11/h2-8,16H,9H2,1H3,(H,14,15). The molecule has 1 aromatic carbocycles. The summed E-state index contributed by atoms with van der Waals surface area (Å²) in [4.78, 5) is 4.24. The molecule has 16 heavy (non-hydrogen) atoms. The first-order valence-electron chi connectivity index (χ1n) is 5.19. The van der Waals surface area contributed by atoms with Crippen LogP contribution in [0.2, 0.25) is 0 Å². The van der Waals surface area contributed by atoms with Gasteiger partial charge in [0.1, 0.15) is 11.6 Å². The zero-order chi connectivity index (χ0) is 11.4. The number of benzene rings is 1. The van der Waals surface area contributed by atoms with Gasteiger partial charge >= 0.3 is 0 Å². The molecule has 0 aliphatic heterocycles. The van der Waals surface area contributed by atoms with E-state index < -0.39 is 0 Å². The SMILES string of the molecule is Cc1cccnc1NCc1cccc(O)c1. The number of pyridine rings is 1. The molecule has 0 saturated carbocycles. The molecule has 3 heteroatoms. The van der Waals surface area contributed by atoms with Crippen LogP contribution in [0.3, 0.4) is 0 Å². The van der Waals surface area contributed by atoms with Crippen LogP contribution in [0.1, 0.15) is 11.1 Å². The number of hydrogen-bond donors (Lipinski definition) is 2. The number of aromatic hydroxyl groups is 1. The minimum absolute atomic E-state index is 0.289. The van der Waals surface area contributed by atoms with Crippen LogP contribution in [0.15, 0.2) is 42.6 Å². The summed E-state index contributed by atoms with van der Waals surface area (Å²) in [5, 5.41) is 12.6. The van der Waals surface area contributed by atoms with Crippen LogP contribution < -0.4 is 5.32 Å². The lowest BCUT2D eigenvalue weighted by atomic mass is 10.2. The second-order valence-corrected chi connectivity index (χ2v) is 3.69. The fourth-order valence-corrected chi connectivity index (χ4v) is 1.52. The van der Waals surface area contributed by atoms with Gasteiger partial charge in [-0.2, -0.15) is 0 Å². The molecule has 0 aliphatic rings. The summed E-state index contributed by atoms with van der Waals surface area (Å²) in [5.41, 5.74) is 2.15. The van der Waals surface area contributed by atoms with E-state index in [1.807, 2.05) is 31.2 Å². The largest absolute Gasteiger partial charge is 0.508 e. The first-order chi connectivity index (χ1) is 7.75. The van der Waals surface area contributed by atoms with E-state index in [0.717, 1.165) is 16.9 Å². The maximum absolute atomic E-state index is 9.32. The number of aromatic nitrogens is 1. The van der Waals surface area contributed by atoms with Crippen molar-refractivity contribution in [3.8, 4) is 5.75 Å². The average Bonchev–Trinajstić information content (AvgIpc) is 2.28. The van der Waals surface area contributed by atoms with Gasteiger partial charge in [-0.25, -0.2) is 4.98 Å². The van der Waals surface area contributed by atoms with Crippen LogP contribution in [0.5, 0.6) is 5.75 Å². The van der Waals surface area contributed by atoms with Crippen molar-refractivity contribution in [2.45, 2.75) is 13.5 Å². The maximum atomic E-state index is 9.32. The molecular formula is C13H14N2O. The van der Waals surface area contributed by atoms with Crippen molar-refractivity contribution >= 4 is 5.82 Å². The van der Waals surface area contributed by atoms with E-state index in [2.05, 4.69) is 10.3 Å². The first-order valence-corrected chi connectivity index (χ1v) is 5.19. The smallest absolute Gasteiger partial charge is 0.129 e. The number of anilines is 1. The van der Waals surface area contributed by atoms with Crippen LogP contribution in [0.25, 0.3) is 0 Å². The Balaban J connectivity index is 2.05. The predicted octanol–water partition coefficient (Wildman–Crippen LogP) is 2.71. The summed E-state index contributed by atoms with van der Waals surface area (Å²) in [6.45, 7) is 2.67. The normalized spacial score (nSPS) is 10.1. The van der Waals surface area contributed by atoms with E-state index >= 15 is 0 Å². The molecule has 0 saturated heterocycles. The summed E-state index contributed by atoms with van der Waals surface area (Å²) in [7, 11) is 0. The Labute approximate surface area is 94.8 Å². The topological polar surface area (TPSA) is 45.2 Å².